The number of rotatable bonds is 5. The molecule has 21 heavy (non-hydrogen) atoms. The fourth-order valence-electron chi connectivity index (χ4n) is 1.73. The molecule has 0 saturated carbocycles. The summed E-state index contributed by atoms with van der Waals surface area (Å²) in [6.07, 6.45) is 0.583. The third-order valence-corrected chi connectivity index (χ3v) is 3.44. The van der Waals surface area contributed by atoms with E-state index in [9.17, 15) is 9.59 Å². The number of likely N-dealkylation sites (N-methyl/N-ethyl adjacent to an activating group) is 1. The molecule has 1 aromatic carbocycles. The molecule has 0 radical (unpaired) electrons. The Morgan fingerprint density at radius 2 is 1.95 bits per heavy atom. The molecule has 0 bridgehead atoms. The van der Waals surface area contributed by atoms with Gasteiger partial charge in [0.25, 0.3) is 0 Å². The Hall–Kier alpha value is -1.46. The number of carbonyl (C=O) groups is 2. The van der Waals surface area contributed by atoms with E-state index in [4.69, 9.17) is 23.2 Å². The van der Waals surface area contributed by atoms with Crippen LogP contribution in [0.15, 0.2) is 18.2 Å². The lowest BCUT2D eigenvalue weighted by Gasteiger charge is -2.18. The molecular weight excluding hydrogens is 313 g/mol. The Balaban J connectivity index is 2.38. The SMILES string of the molecule is C[C@@H](NC(=O)NCCc1ccc(Cl)cc1Cl)C(=O)N(C)C. The van der Waals surface area contributed by atoms with Gasteiger partial charge in [-0.1, -0.05) is 29.3 Å². The van der Waals surface area contributed by atoms with Crippen molar-refractivity contribution in [1.82, 2.24) is 15.5 Å². The first-order chi connectivity index (χ1) is 9.81. The largest absolute Gasteiger partial charge is 0.347 e. The number of carbonyl (C=O) groups excluding carboxylic acids is 2. The van der Waals surface area contributed by atoms with Crippen molar-refractivity contribution >= 4 is 35.1 Å². The molecular formula is C14H19Cl2N3O2. The van der Waals surface area contributed by atoms with Gasteiger partial charge in [-0.25, -0.2) is 4.79 Å². The molecule has 116 valence electrons. The lowest BCUT2D eigenvalue weighted by Crippen LogP contribution is -2.48. The van der Waals surface area contributed by atoms with Gasteiger partial charge in [0.15, 0.2) is 0 Å². The third-order valence-electron chi connectivity index (χ3n) is 2.85. The zero-order chi connectivity index (χ0) is 16.0. The van der Waals surface area contributed by atoms with Crippen LogP contribution in [0, 0.1) is 0 Å². The highest BCUT2D eigenvalue weighted by Crippen LogP contribution is 2.20. The quantitative estimate of drug-likeness (QED) is 0.869. The maximum atomic E-state index is 11.7. The van der Waals surface area contributed by atoms with E-state index in [0.29, 0.717) is 23.0 Å². The van der Waals surface area contributed by atoms with Crippen molar-refractivity contribution in [2.75, 3.05) is 20.6 Å². The summed E-state index contributed by atoms with van der Waals surface area (Å²) in [7, 11) is 3.28. The fraction of sp³-hybridized carbons (Fsp3) is 0.429. The summed E-state index contributed by atoms with van der Waals surface area (Å²) in [6.45, 7) is 2.05. The fourth-order valence-corrected chi connectivity index (χ4v) is 2.23. The number of hydrogen-bond donors (Lipinski definition) is 2. The van der Waals surface area contributed by atoms with Crippen LogP contribution in [0.3, 0.4) is 0 Å². The Labute approximate surface area is 134 Å². The lowest BCUT2D eigenvalue weighted by atomic mass is 10.1. The van der Waals surface area contributed by atoms with Gasteiger partial charge in [-0.15, -0.1) is 0 Å². The number of urea groups is 1. The molecule has 0 fully saturated rings. The summed E-state index contributed by atoms with van der Waals surface area (Å²) >= 11 is 11.9. The topological polar surface area (TPSA) is 61.4 Å². The van der Waals surface area contributed by atoms with Gasteiger partial charge >= 0.3 is 6.03 Å². The van der Waals surface area contributed by atoms with Crippen LogP contribution >= 0.6 is 23.2 Å². The van der Waals surface area contributed by atoms with E-state index in [1.807, 2.05) is 6.07 Å². The van der Waals surface area contributed by atoms with Crippen molar-refractivity contribution in [3.8, 4) is 0 Å². The molecule has 0 aliphatic rings. The number of hydrogen-bond acceptors (Lipinski definition) is 2. The van der Waals surface area contributed by atoms with Gasteiger partial charge in [-0.2, -0.15) is 0 Å². The van der Waals surface area contributed by atoms with E-state index in [-0.39, 0.29) is 11.9 Å². The van der Waals surface area contributed by atoms with Crippen LogP contribution in [0.1, 0.15) is 12.5 Å². The van der Waals surface area contributed by atoms with Crippen LogP contribution < -0.4 is 10.6 Å². The molecule has 0 saturated heterocycles. The molecule has 0 aliphatic heterocycles. The highest BCUT2D eigenvalue weighted by Gasteiger charge is 2.16. The van der Waals surface area contributed by atoms with E-state index >= 15 is 0 Å². The zero-order valence-electron chi connectivity index (χ0n) is 12.2. The first-order valence-electron chi connectivity index (χ1n) is 6.50. The number of benzene rings is 1. The van der Waals surface area contributed by atoms with Crippen LogP contribution in [-0.2, 0) is 11.2 Å². The summed E-state index contributed by atoms with van der Waals surface area (Å²) in [5.74, 6) is -0.161. The van der Waals surface area contributed by atoms with E-state index in [1.165, 1.54) is 4.90 Å². The van der Waals surface area contributed by atoms with Crippen molar-refractivity contribution in [2.45, 2.75) is 19.4 Å². The Kier molecular flexibility index (Phi) is 6.78. The second kappa shape index (κ2) is 8.10. The molecule has 0 spiro atoms. The van der Waals surface area contributed by atoms with Gasteiger partial charge in [0.1, 0.15) is 6.04 Å². The molecule has 2 N–H and O–H groups in total. The van der Waals surface area contributed by atoms with Crippen LogP contribution in [0.25, 0.3) is 0 Å². The summed E-state index contributed by atoms with van der Waals surface area (Å²) < 4.78 is 0. The Morgan fingerprint density at radius 3 is 2.52 bits per heavy atom. The minimum Gasteiger partial charge on any atom is -0.347 e. The minimum absolute atomic E-state index is 0.161. The van der Waals surface area contributed by atoms with E-state index in [1.54, 1.807) is 33.2 Å². The molecule has 0 unspecified atom stereocenters. The summed E-state index contributed by atoms with van der Waals surface area (Å²) in [6, 6.07) is 4.28. The molecule has 1 aromatic rings. The van der Waals surface area contributed by atoms with Crippen molar-refractivity contribution in [3.05, 3.63) is 33.8 Å². The van der Waals surface area contributed by atoms with E-state index in [0.717, 1.165) is 5.56 Å². The van der Waals surface area contributed by atoms with Crippen molar-refractivity contribution in [3.63, 3.8) is 0 Å². The van der Waals surface area contributed by atoms with Crippen LogP contribution in [0.2, 0.25) is 10.0 Å². The average molecular weight is 332 g/mol. The van der Waals surface area contributed by atoms with Gasteiger partial charge in [-0.3, -0.25) is 4.79 Å². The highest BCUT2D eigenvalue weighted by atomic mass is 35.5. The second-order valence-electron chi connectivity index (χ2n) is 4.84. The number of amides is 3. The molecule has 5 nitrogen and oxygen atoms in total. The van der Waals surface area contributed by atoms with E-state index in [2.05, 4.69) is 10.6 Å². The molecule has 1 atom stereocenters. The number of nitrogens with one attached hydrogen (secondary N) is 2. The van der Waals surface area contributed by atoms with Crippen molar-refractivity contribution < 1.29 is 9.59 Å². The molecule has 3 amide bonds. The average Bonchev–Trinajstić information content (AvgIpc) is 2.40. The molecule has 7 heteroatoms. The zero-order valence-corrected chi connectivity index (χ0v) is 13.8. The number of halogens is 2. The molecule has 0 heterocycles. The van der Waals surface area contributed by atoms with Crippen molar-refractivity contribution in [2.24, 2.45) is 0 Å². The van der Waals surface area contributed by atoms with E-state index < -0.39 is 6.04 Å². The second-order valence-corrected chi connectivity index (χ2v) is 5.68. The first kappa shape index (κ1) is 17.6. The number of nitrogens with zero attached hydrogens (tertiary/aromatic N) is 1. The molecule has 1 rings (SSSR count). The maximum absolute atomic E-state index is 11.7. The summed E-state index contributed by atoms with van der Waals surface area (Å²) in [5, 5.41) is 6.41. The first-order valence-corrected chi connectivity index (χ1v) is 7.26. The van der Waals surface area contributed by atoms with Crippen LogP contribution in [0.4, 0.5) is 4.79 Å². The van der Waals surface area contributed by atoms with Gasteiger partial charge < -0.3 is 15.5 Å². The van der Waals surface area contributed by atoms with Gasteiger partial charge in [-0.05, 0) is 31.0 Å². The van der Waals surface area contributed by atoms with Gasteiger partial charge in [0.2, 0.25) is 5.91 Å². The lowest BCUT2D eigenvalue weighted by molar-refractivity contribution is -0.130. The Morgan fingerprint density at radius 1 is 1.29 bits per heavy atom. The molecule has 0 aromatic heterocycles. The monoisotopic (exact) mass is 331 g/mol. The molecule has 0 aliphatic carbocycles. The van der Waals surface area contributed by atoms with Crippen molar-refractivity contribution in [1.29, 1.82) is 0 Å². The maximum Gasteiger partial charge on any atom is 0.315 e. The standard InChI is InChI=1S/C14H19Cl2N3O2/c1-9(13(20)19(2)3)18-14(21)17-7-6-10-4-5-11(15)8-12(10)16/h4-5,8-9H,6-7H2,1-3H3,(H2,17,18,21)/t9-/m1/s1. The van der Waals surface area contributed by atoms with Gasteiger partial charge in [0, 0.05) is 30.7 Å². The predicted octanol–water partition coefficient (Wildman–Crippen LogP) is 2.31. The van der Waals surface area contributed by atoms with Crippen LogP contribution in [0.5, 0.6) is 0 Å². The highest BCUT2D eigenvalue weighted by molar-refractivity contribution is 6.35. The summed E-state index contributed by atoms with van der Waals surface area (Å²) in [5.41, 5.74) is 0.902. The third kappa shape index (κ3) is 5.81. The normalized spacial score (nSPS) is 11.7. The predicted molar refractivity (Wildman–Crippen MR) is 84.9 cm³/mol. The summed E-state index contributed by atoms with van der Waals surface area (Å²) in [4.78, 5) is 24.7. The minimum atomic E-state index is -0.570. The van der Waals surface area contributed by atoms with Gasteiger partial charge in [0.05, 0.1) is 0 Å². The Bertz CT molecular complexity index is 521. The smallest absolute Gasteiger partial charge is 0.315 e. The van der Waals surface area contributed by atoms with Crippen LogP contribution in [-0.4, -0.2) is 43.5 Å².